The highest BCUT2D eigenvalue weighted by molar-refractivity contribution is 7.92. The van der Waals surface area contributed by atoms with Crippen molar-refractivity contribution in [1.82, 2.24) is 10.2 Å². The Bertz CT molecular complexity index is 1450. The van der Waals surface area contributed by atoms with Crippen LogP contribution in [-0.2, 0) is 26.2 Å². The van der Waals surface area contributed by atoms with E-state index in [2.05, 4.69) is 5.32 Å². The summed E-state index contributed by atoms with van der Waals surface area (Å²) in [4.78, 5) is 28.2. The summed E-state index contributed by atoms with van der Waals surface area (Å²) in [6.07, 6.45) is 0.668. The van der Waals surface area contributed by atoms with Crippen LogP contribution in [0.15, 0.2) is 77.7 Å². The molecule has 0 radical (unpaired) electrons. The van der Waals surface area contributed by atoms with Gasteiger partial charge in [0.25, 0.3) is 10.0 Å². The lowest BCUT2D eigenvalue weighted by atomic mass is 10.1. The second-order valence-electron chi connectivity index (χ2n) is 9.47. The zero-order valence-electron chi connectivity index (χ0n) is 23.8. The van der Waals surface area contributed by atoms with Gasteiger partial charge in [0.15, 0.2) is 0 Å². The molecule has 41 heavy (non-hydrogen) atoms. The second kappa shape index (κ2) is 14.0. The Hall–Kier alpha value is -4.12. The van der Waals surface area contributed by atoms with E-state index >= 15 is 0 Å². The third-order valence-corrected chi connectivity index (χ3v) is 8.52. The number of sulfonamides is 1. The summed E-state index contributed by atoms with van der Waals surface area (Å²) in [5.74, 6) is -1.01. The van der Waals surface area contributed by atoms with E-state index in [1.165, 1.54) is 74.6 Å². The van der Waals surface area contributed by atoms with Crippen LogP contribution in [0.1, 0.15) is 32.8 Å². The molecule has 0 fully saturated rings. The van der Waals surface area contributed by atoms with Gasteiger partial charge in [0, 0.05) is 18.2 Å². The lowest BCUT2D eigenvalue weighted by Crippen LogP contribution is -2.52. The fourth-order valence-electron chi connectivity index (χ4n) is 4.08. The van der Waals surface area contributed by atoms with Crippen molar-refractivity contribution in [3.05, 3.63) is 84.2 Å². The lowest BCUT2D eigenvalue weighted by Gasteiger charge is -2.32. The summed E-state index contributed by atoms with van der Waals surface area (Å²) in [6, 6.07) is 16.9. The molecule has 0 aromatic heterocycles. The van der Waals surface area contributed by atoms with Crippen molar-refractivity contribution in [2.45, 2.75) is 50.7 Å². The normalized spacial score (nSPS) is 12.6. The van der Waals surface area contributed by atoms with Gasteiger partial charge in [-0.2, -0.15) is 0 Å². The molecule has 0 bridgehead atoms. The number of halogens is 1. The highest BCUT2D eigenvalue weighted by Crippen LogP contribution is 2.33. The second-order valence-corrected chi connectivity index (χ2v) is 11.3. The van der Waals surface area contributed by atoms with E-state index in [4.69, 9.17) is 9.47 Å². The first kappa shape index (κ1) is 31.4. The Morgan fingerprint density at radius 1 is 0.927 bits per heavy atom. The number of nitrogens with one attached hydrogen (secondary N) is 1. The molecule has 11 heteroatoms. The SMILES string of the molecule is CC[C@@H](C)NC(=O)[C@H](C)N(Cc1ccccc1F)C(=O)CN(c1ccccc1OC)S(=O)(=O)c1ccc(OC)cc1. The van der Waals surface area contributed by atoms with Crippen LogP contribution in [0, 0.1) is 5.82 Å². The summed E-state index contributed by atoms with van der Waals surface area (Å²) < 4.78 is 54.1. The van der Waals surface area contributed by atoms with Gasteiger partial charge in [-0.3, -0.25) is 13.9 Å². The van der Waals surface area contributed by atoms with Crippen LogP contribution in [0.3, 0.4) is 0 Å². The Morgan fingerprint density at radius 3 is 2.17 bits per heavy atom. The molecule has 0 saturated heterocycles. The average Bonchev–Trinajstić information content (AvgIpc) is 2.98. The molecule has 2 atom stereocenters. The van der Waals surface area contributed by atoms with Gasteiger partial charge in [-0.05, 0) is 62.7 Å². The number of para-hydroxylation sites is 2. The van der Waals surface area contributed by atoms with Crippen LogP contribution in [0.25, 0.3) is 0 Å². The van der Waals surface area contributed by atoms with E-state index in [9.17, 15) is 22.4 Å². The maximum Gasteiger partial charge on any atom is 0.264 e. The summed E-state index contributed by atoms with van der Waals surface area (Å²) in [5, 5.41) is 2.84. The topological polar surface area (TPSA) is 105 Å². The largest absolute Gasteiger partial charge is 0.497 e. The minimum atomic E-state index is -4.31. The summed E-state index contributed by atoms with van der Waals surface area (Å²) in [7, 11) is -1.46. The highest BCUT2D eigenvalue weighted by atomic mass is 32.2. The van der Waals surface area contributed by atoms with Gasteiger partial charge >= 0.3 is 0 Å². The van der Waals surface area contributed by atoms with E-state index in [-0.39, 0.29) is 34.5 Å². The zero-order chi connectivity index (χ0) is 30.2. The molecule has 0 saturated carbocycles. The Morgan fingerprint density at radius 2 is 1.56 bits per heavy atom. The first-order valence-corrected chi connectivity index (χ1v) is 14.6. The molecule has 0 unspecified atom stereocenters. The molecular weight excluding hydrogens is 549 g/mol. The average molecular weight is 586 g/mol. The van der Waals surface area contributed by atoms with Crippen LogP contribution >= 0.6 is 0 Å². The number of ether oxygens (including phenoxy) is 2. The molecule has 0 aliphatic rings. The van der Waals surface area contributed by atoms with Crippen LogP contribution in [0.5, 0.6) is 11.5 Å². The summed E-state index contributed by atoms with van der Waals surface area (Å²) in [6.45, 7) is 4.35. The smallest absolute Gasteiger partial charge is 0.264 e. The van der Waals surface area contributed by atoms with Gasteiger partial charge in [0.05, 0.1) is 24.8 Å². The third kappa shape index (κ3) is 7.55. The molecule has 9 nitrogen and oxygen atoms in total. The van der Waals surface area contributed by atoms with Crippen molar-refractivity contribution < 1.29 is 31.9 Å². The monoisotopic (exact) mass is 585 g/mol. The van der Waals surface area contributed by atoms with Gasteiger partial charge in [-0.1, -0.05) is 37.3 Å². The third-order valence-electron chi connectivity index (χ3n) is 6.75. The molecule has 3 aromatic carbocycles. The van der Waals surface area contributed by atoms with E-state index in [1.54, 1.807) is 24.3 Å². The number of nitrogens with zero attached hydrogens (tertiary/aromatic N) is 2. The van der Waals surface area contributed by atoms with E-state index < -0.39 is 40.2 Å². The van der Waals surface area contributed by atoms with E-state index in [0.29, 0.717) is 12.2 Å². The number of rotatable bonds is 13. The van der Waals surface area contributed by atoms with Crippen LogP contribution in [-0.4, -0.2) is 58.0 Å². The lowest BCUT2D eigenvalue weighted by molar-refractivity contribution is -0.139. The van der Waals surface area contributed by atoms with Gasteiger partial charge < -0.3 is 19.7 Å². The molecule has 1 N–H and O–H groups in total. The van der Waals surface area contributed by atoms with Crippen molar-refractivity contribution in [3.63, 3.8) is 0 Å². The standard InChI is InChI=1S/C30H36FN3O6S/c1-6-21(2)32-30(36)22(3)33(19-23-11-7-8-12-26(23)31)29(35)20-34(27-13-9-10-14-28(27)40-5)41(37,38)25-17-15-24(39-4)16-18-25/h7-18,21-22H,6,19-20H2,1-5H3,(H,32,36)/t21-,22+/m1/s1. The fraction of sp³-hybridized carbons (Fsp3) is 0.333. The van der Waals surface area contributed by atoms with Gasteiger partial charge in [-0.15, -0.1) is 0 Å². The van der Waals surface area contributed by atoms with Gasteiger partial charge in [0.1, 0.15) is 29.9 Å². The first-order chi connectivity index (χ1) is 19.5. The maximum absolute atomic E-state index is 14.7. The van der Waals surface area contributed by atoms with Gasteiger partial charge in [0.2, 0.25) is 11.8 Å². The Labute approximate surface area is 240 Å². The van der Waals surface area contributed by atoms with Crippen LogP contribution < -0.4 is 19.1 Å². The predicted molar refractivity (Wildman–Crippen MR) is 155 cm³/mol. The van der Waals surface area contributed by atoms with Crippen molar-refractivity contribution in [2.24, 2.45) is 0 Å². The number of hydrogen-bond acceptors (Lipinski definition) is 6. The number of methoxy groups -OCH3 is 2. The maximum atomic E-state index is 14.7. The van der Waals surface area contributed by atoms with E-state index in [0.717, 1.165) is 4.31 Å². The number of carbonyl (C=O) groups excluding carboxylic acids is 2. The molecule has 3 rings (SSSR count). The molecule has 0 spiro atoms. The molecular formula is C30H36FN3O6S. The van der Waals surface area contributed by atoms with Crippen molar-refractivity contribution in [1.29, 1.82) is 0 Å². The Kier molecular flexibility index (Phi) is 10.7. The molecule has 220 valence electrons. The highest BCUT2D eigenvalue weighted by Gasteiger charge is 2.34. The molecule has 0 aliphatic carbocycles. The number of hydrogen-bond donors (Lipinski definition) is 1. The summed E-state index contributed by atoms with van der Waals surface area (Å²) >= 11 is 0. The van der Waals surface area contributed by atoms with Crippen molar-refractivity contribution in [2.75, 3.05) is 25.1 Å². The predicted octanol–water partition coefficient (Wildman–Crippen LogP) is 4.37. The van der Waals surface area contributed by atoms with Crippen LogP contribution in [0.2, 0.25) is 0 Å². The molecule has 0 heterocycles. The number of benzene rings is 3. The first-order valence-electron chi connectivity index (χ1n) is 13.2. The summed E-state index contributed by atoms with van der Waals surface area (Å²) in [5.41, 5.74) is 0.313. The molecule has 2 amide bonds. The van der Waals surface area contributed by atoms with Crippen LogP contribution in [0.4, 0.5) is 10.1 Å². The van der Waals surface area contributed by atoms with Gasteiger partial charge in [-0.25, -0.2) is 12.8 Å². The fourth-order valence-corrected chi connectivity index (χ4v) is 5.51. The van der Waals surface area contributed by atoms with Crippen molar-refractivity contribution >= 4 is 27.5 Å². The number of anilines is 1. The number of carbonyl (C=O) groups is 2. The minimum Gasteiger partial charge on any atom is -0.497 e. The minimum absolute atomic E-state index is 0.0831. The number of amides is 2. The zero-order valence-corrected chi connectivity index (χ0v) is 24.7. The molecule has 3 aromatic rings. The molecule has 0 aliphatic heterocycles. The van der Waals surface area contributed by atoms with Crippen molar-refractivity contribution in [3.8, 4) is 11.5 Å². The Balaban J connectivity index is 2.08. The quantitative estimate of drug-likeness (QED) is 0.320. The van der Waals surface area contributed by atoms with E-state index in [1.807, 2.05) is 13.8 Å².